The molecule has 0 fully saturated rings. The SMILES string of the molecule is CNC(=O)Nc1cccc(-n2[nH][n+](C)nc2=S)c1. The molecule has 1 heterocycles. The van der Waals surface area contributed by atoms with Crippen LogP contribution >= 0.6 is 12.2 Å². The zero-order valence-corrected chi connectivity index (χ0v) is 10.8. The van der Waals surface area contributed by atoms with Crippen molar-refractivity contribution in [3.05, 3.63) is 29.0 Å². The summed E-state index contributed by atoms with van der Waals surface area (Å²) in [6.07, 6.45) is 0. The molecule has 2 aromatic rings. The van der Waals surface area contributed by atoms with Gasteiger partial charge in [0.1, 0.15) is 7.05 Å². The van der Waals surface area contributed by atoms with Crippen LogP contribution in [0.15, 0.2) is 24.3 Å². The summed E-state index contributed by atoms with van der Waals surface area (Å²) in [5.41, 5.74) is 1.47. The molecule has 0 saturated carbocycles. The lowest BCUT2D eigenvalue weighted by Gasteiger charge is -2.04. The molecule has 0 radical (unpaired) electrons. The number of aromatic amines is 1. The number of hydrogen-bond donors (Lipinski definition) is 3. The fourth-order valence-electron chi connectivity index (χ4n) is 1.47. The van der Waals surface area contributed by atoms with Gasteiger partial charge in [0.05, 0.1) is 0 Å². The molecule has 2 rings (SSSR count). The van der Waals surface area contributed by atoms with Gasteiger partial charge in [0, 0.05) is 18.8 Å². The first-order valence-corrected chi connectivity index (χ1v) is 5.65. The summed E-state index contributed by atoms with van der Waals surface area (Å²) in [7, 11) is 3.31. The first-order chi connectivity index (χ1) is 8.60. The number of nitrogens with one attached hydrogen (secondary N) is 3. The summed E-state index contributed by atoms with van der Waals surface area (Å²) in [5.74, 6) is 0. The molecule has 0 atom stereocenters. The Morgan fingerprint density at radius 1 is 1.56 bits per heavy atom. The highest BCUT2D eigenvalue weighted by molar-refractivity contribution is 7.71. The Labute approximate surface area is 108 Å². The van der Waals surface area contributed by atoms with Crippen LogP contribution in [0.4, 0.5) is 10.5 Å². The van der Waals surface area contributed by atoms with E-state index >= 15 is 0 Å². The van der Waals surface area contributed by atoms with Crippen molar-refractivity contribution in [3.8, 4) is 5.69 Å². The fourth-order valence-corrected chi connectivity index (χ4v) is 1.74. The highest BCUT2D eigenvalue weighted by atomic mass is 32.1. The zero-order valence-electron chi connectivity index (χ0n) is 9.97. The van der Waals surface area contributed by atoms with Crippen LogP contribution in [0.1, 0.15) is 0 Å². The molecule has 3 N–H and O–H groups in total. The van der Waals surface area contributed by atoms with Gasteiger partial charge in [0.2, 0.25) is 0 Å². The van der Waals surface area contributed by atoms with Gasteiger partial charge in [0.25, 0.3) is 0 Å². The van der Waals surface area contributed by atoms with Gasteiger partial charge in [0.15, 0.2) is 5.69 Å². The molecular formula is C10H13N6OS+. The van der Waals surface area contributed by atoms with E-state index in [9.17, 15) is 4.79 Å². The lowest BCUT2D eigenvalue weighted by molar-refractivity contribution is -0.785. The molecule has 0 aliphatic rings. The van der Waals surface area contributed by atoms with Crippen LogP contribution in [0.25, 0.3) is 5.69 Å². The van der Waals surface area contributed by atoms with Crippen LogP contribution in [-0.2, 0) is 7.05 Å². The van der Waals surface area contributed by atoms with E-state index in [1.807, 2.05) is 12.1 Å². The van der Waals surface area contributed by atoms with Crippen LogP contribution in [0, 0.1) is 4.77 Å². The Balaban J connectivity index is 2.35. The van der Waals surface area contributed by atoms with Gasteiger partial charge in [-0.25, -0.2) is 4.79 Å². The number of carbonyl (C=O) groups excluding carboxylic acids is 1. The third kappa shape index (κ3) is 2.54. The van der Waals surface area contributed by atoms with Crippen molar-refractivity contribution >= 4 is 23.9 Å². The number of hydrogen-bond acceptors (Lipinski definition) is 3. The maximum absolute atomic E-state index is 11.2. The number of benzene rings is 1. The van der Waals surface area contributed by atoms with Crippen LogP contribution in [-0.4, -0.2) is 28.1 Å². The van der Waals surface area contributed by atoms with Crippen LogP contribution in [0.2, 0.25) is 0 Å². The minimum absolute atomic E-state index is 0.272. The van der Waals surface area contributed by atoms with E-state index in [0.717, 1.165) is 5.69 Å². The third-order valence-electron chi connectivity index (χ3n) is 2.26. The number of urea groups is 1. The first kappa shape index (κ1) is 12.2. The average molecular weight is 265 g/mol. The zero-order chi connectivity index (χ0) is 13.1. The molecule has 7 nitrogen and oxygen atoms in total. The van der Waals surface area contributed by atoms with Gasteiger partial charge in [-0.3, -0.25) is 0 Å². The molecule has 94 valence electrons. The molecule has 8 heteroatoms. The Morgan fingerprint density at radius 2 is 2.33 bits per heavy atom. The van der Waals surface area contributed by atoms with Gasteiger partial charge in [-0.15, -0.1) is 0 Å². The molecule has 0 spiro atoms. The second-order valence-electron chi connectivity index (χ2n) is 3.60. The smallest absolute Gasteiger partial charge is 0.341 e. The quantitative estimate of drug-likeness (QED) is 0.547. The molecular weight excluding hydrogens is 252 g/mol. The van der Waals surface area contributed by atoms with E-state index in [1.165, 1.54) is 4.80 Å². The predicted octanol–water partition coefficient (Wildman–Crippen LogP) is 0.506. The van der Waals surface area contributed by atoms with Gasteiger partial charge < -0.3 is 10.6 Å². The summed E-state index contributed by atoms with van der Waals surface area (Å²) in [5, 5.41) is 12.2. The summed E-state index contributed by atoms with van der Waals surface area (Å²) in [6, 6.07) is 7.00. The Kier molecular flexibility index (Phi) is 3.38. The number of rotatable bonds is 2. The second-order valence-corrected chi connectivity index (χ2v) is 3.96. The number of tetrazole rings is 1. The molecule has 0 unspecified atom stereocenters. The highest BCUT2D eigenvalue weighted by Gasteiger charge is 2.10. The standard InChI is InChI=1S/C10H12N6OS/c1-11-9(17)12-7-4-3-5-8(6-7)16-10(18)13-15(2)14-16/h3-6H,1-2H3,(H2-,11,12,13,14,17,18)/p+1. The molecule has 0 bridgehead atoms. The number of amides is 2. The van der Waals surface area contributed by atoms with Crippen molar-refractivity contribution in [2.24, 2.45) is 7.05 Å². The fraction of sp³-hybridized carbons (Fsp3) is 0.200. The molecule has 0 aliphatic carbocycles. The van der Waals surface area contributed by atoms with Crippen molar-refractivity contribution in [2.75, 3.05) is 12.4 Å². The topological polar surface area (TPSA) is 78.6 Å². The average Bonchev–Trinajstić information content (AvgIpc) is 2.68. The van der Waals surface area contributed by atoms with E-state index in [-0.39, 0.29) is 6.03 Å². The highest BCUT2D eigenvalue weighted by Crippen LogP contribution is 2.13. The first-order valence-electron chi connectivity index (χ1n) is 5.24. The number of carbonyl (C=O) groups is 1. The van der Waals surface area contributed by atoms with Crippen molar-refractivity contribution in [3.63, 3.8) is 0 Å². The normalized spacial score (nSPS) is 10.1. The third-order valence-corrected chi connectivity index (χ3v) is 2.53. The minimum atomic E-state index is -0.272. The number of H-pyrrole nitrogens is 1. The van der Waals surface area contributed by atoms with Crippen molar-refractivity contribution in [1.29, 1.82) is 0 Å². The molecule has 0 saturated heterocycles. The summed E-state index contributed by atoms with van der Waals surface area (Å²) >= 11 is 5.11. The van der Waals surface area contributed by atoms with Crippen molar-refractivity contribution in [1.82, 2.24) is 20.3 Å². The Morgan fingerprint density at radius 3 is 2.94 bits per heavy atom. The van der Waals surface area contributed by atoms with E-state index < -0.39 is 0 Å². The minimum Gasteiger partial charge on any atom is -0.341 e. The molecule has 2 amide bonds. The van der Waals surface area contributed by atoms with Crippen LogP contribution in [0.3, 0.4) is 0 Å². The van der Waals surface area contributed by atoms with E-state index in [4.69, 9.17) is 12.2 Å². The van der Waals surface area contributed by atoms with E-state index in [2.05, 4.69) is 20.9 Å². The Hall–Kier alpha value is -2.22. The van der Waals surface area contributed by atoms with Gasteiger partial charge in [-0.05, 0) is 29.4 Å². The molecule has 18 heavy (non-hydrogen) atoms. The lowest BCUT2D eigenvalue weighted by atomic mass is 10.3. The Bertz CT molecular complexity index is 631. The number of anilines is 1. The van der Waals surface area contributed by atoms with Crippen LogP contribution in [0.5, 0.6) is 0 Å². The number of aryl methyl sites for hydroxylation is 1. The maximum atomic E-state index is 11.2. The molecule has 1 aromatic carbocycles. The monoisotopic (exact) mass is 265 g/mol. The second kappa shape index (κ2) is 4.96. The largest absolute Gasteiger partial charge is 0.352 e. The van der Waals surface area contributed by atoms with Crippen molar-refractivity contribution < 1.29 is 9.59 Å². The van der Waals surface area contributed by atoms with Gasteiger partial charge >= 0.3 is 10.8 Å². The summed E-state index contributed by atoms with van der Waals surface area (Å²) < 4.78 is 2.05. The summed E-state index contributed by atoms with van der Waals surface area (Å²) in [6.45, 7) is 0. The van der Waals surface area contributed by atoms with Gasteiger partial charge in [-0.1, -0.05) is 20.8 Å². The van der Waals surface area contributed by atoms with E-state index in [0.29, 0.717) is 10.5 Å². The van der Waals surface area contributed by atoms with Gasteiger partial charge in [-0.2, -0.15) is 0 Å². The number of aromatic nitrogens is 4. The number of nitrogens with zero attached hydrogens (tertiary/aromatic N) is 3. The maximum Gasteiger partial charge on any atom is 0.352 e. The molecule has 0 aliphatic heterocycles. The van der Waals surface area contributed by atoms with E-state index in [1.54, 1.807) is 30.9 Å². The molecule has 1 aromatic heterocycles. The predicted molar refractivity (Wildman–Crippen MR) is 68.0 cm³/mol. The van der Waals surface area contributed by atoms with Crippen LogP contribution < -0.4 is 15.4 Å². The summed E-state index contributed by atoms with van der Waals surface area (Å²) in [4.78, 5) is 12.7. The lowest BCUT2D eigenvalue weighted by Crippen LogP contribution is -2.34. The van der Waals surface area contributed by atoms with Crippen molar-refractivity contribution in [2.45, 2.75) is 0 Å².